The third-order valence-electron chi connectivity index (χ3n) is 14.3. The first kappa shape index (κ1) is 89.4. The van der Waals surface area contributed by atoms with Crippen molar-refractivity contribution < 1.29 is 110 Å². The molecule has 2 heterocycles. The lowest BCUT2D eigenvalue weighted by molar-refractivity contribution is -0.719. The van der Waals surface area contributed by atoms with E-state index < -0.39 is 45.2 Å². The monoisotopic (exact) mass is 1760 g/mol. The van der Waals surface area contributed by atoms with Gasteiger partial charge in [0.2, 0.25) is 0 Å². The van der Waals surface area contributed by atoms with Crippen LogP contribution in [0.1, 0.15) is 79.5 Å². The molecule has 2 aromatic heterocycles. The summed E-state index contributed by atoms with van der Waals surface area (Å²) in [7, 11) is 5.15. The van der Waals surface area contributed by atoms with Crippen LogP contribution >= 0.6 is 58.5 Å². The molecule has 0 amide bonds. The van der Waals surface area contributed by atoms with E-state index in [-0.39, 0.29) is 71.9 Å². The minimum absolute atomic E-state index is 0. The zero-order valence-electron chi connectivity index (χ0n) is 56.0. The second kappa shape index (κ2) is 50.7. The van der Waals surface area contributed by atoms with E-state index in [0.29, 0.717) is 17.3 Å². The minimum atomic E-state index is -1.55. The Kier molecular flexibility index (Phi) is 49.9. The minimum Gasteiger partial charge on any atom is -1.00 e. The van der Waals surface area contributed by atoms with Crippen LogP contribution in [0.3, 0.4) is 0 Å². The third-order valence-corrected chi connectivity index (χ3v) is 24.9. The van der Waals surface area contributed by atoms with Gasteiger partial charge >= 0.3 is 15.5 Å². The van der Waals surface area contributed by atoms with Crippen LogP contribution in [0.5, 0.6) is 0 Å². The number of halogens is 5. The first-order chi connectivity index (χ1) is 41.9. The highest BCUT2D eigenvalue weighted by Gasteiger charge is 2.17. The van der Waals surface area contributed by atoms with Crippen LogP contribution in [0.15, 0.2) is 156 Å². The Balaban J connectivity index is 0.00000112. The maximum absolute atomic E-state index is 9.51. The van der Waals surface area contributed by atoms with Crippen LogP contribution in [-0.2, 0) is 68.8 Å². The number of rotatable bonds is 24. The highest BCUT2D eigenvalue weighted by Crippen LogP contribution is 2.23. The zero-order chi connectivity index (χ0) is 65.1. The van der Waals surface area contributed by atoms with E-state index in [9.17, 15) is 24.0 Å². The van der Waals surface area contributed by atoms with Gasteiger partial charge in [-0.05, 0) is 196 Å². The third kappa shape index (κ3) is 38.8. The fourth-order valence-electron chi connectivity index (χ4n) is 8.50. The Bertz CT molecular complexity index is 3080. The topological polar surface area (TPSA) is 141 Å². The van der Waals surface area contributed by atoms with E-state index in [1.54, 1.807) is 23.5 Å². The number of amidine groups is 1. The number of thioether (sulfide) groups is 3. The van der Waals surface area contributed by atoms with Gasteiger partial charge in [0.1, 0.15) is 11.9 Å². The maximum Gasteiger partial charge on any atom is 0.359 e. The van der Waals surface area contributed by atoms with Gasteiger partial charge in [-0.15, -0.1) is 23.2 Å². The van der Waals surface area contributed by atoms with Crippen LogP contribution in [-0.4, -0.2) is 122 Å². The van der Waals surface area contributed by atoms with Crippen molar-refractivity contribution in [3.05, 3.63) is 213 Å². The summed E-state index contributed by atoms with van der Waals surface area (Å²) in [5.41, 5.74) is 15.3. The summed E-state index contributed by atoms with van der Waals surface area (Å²) in [6, 6.07) is 50.5. The molecule has 0 bridgehead atoms. The Morgan fingerprint density at radius 3 is 1.21 bits per heavy atom. The molecular formula is C67H103Cl2I3N6O5S3Si5. The van der Waals surface area contributed by atoms with E-state index in [1.165, 1.54) is 55.4 Å². The lowest BCUT2D eigenvalue weighted by Gasteiger charge is -2.13. The van der Waals surface area contributed by atoms with Crippen molar-refractivity contribution in [2.24, 2.45) is 14.1 Å². The molecule has 0 radical (unpaired) electrons. The molecule has 0 saturated heterocycles. The number of alkyl halides is 2. The van der Waals surface area contributed by atoms with Gasteiger partial charge < -0.3 is 95.9 Å². The average Bonchev–Trinajstić information content (AvgIpc) is 3.72. The van der Waals surface area contributed by atoms with Crippen molar-refractivity contribution in [2.75, 3.05) is 28.2 Å². The number of nitrogens with zero attached hydrogens (tertiary/aromatic N) is 6. The molecule has 0 saturated carbocycles. The van der Waals surface area contributed by atoms with Crippen molar-refractivity contribution in [1.29, 1.82) is 0 Å². The Labute approximate surface area is 629 Å². The van der Waals surface area contributed by atoms with Gasteiger partial charge in [-0.25, -0.2) is 9.13 Å². The van der Waals surface area contributed by atoms with Crippen LogP contribution in [0.25, 0.3) is 0 Å². The molecule has 24 heteroatoms. The second-order valence-electron chi connectivity index (χ2n) is 23.2. The first-order valence-electron chi connectivity index (χ1n) is 30.5. The molecule has 6 atom stereocenters. The highest BCUT2D eigenvalue weighted by molar-refractivity contribution is 8.12. The lowest BCUT2D eigenvalue weighted by Crippen LogP contribution is -3.00. The fraction of sp³-hybridized carbons (Fsp3) is 0.418. The van der Waals surface area contributed by atoms with Crippen molar-refractivity contribution in [3.8, 4) is 0 Å². The van der Waals surface area contributed by atoms with Crippen molar-refractivity contribution >= 4 is 109 Å². The molecule has 0 aliphatic heterocycles. The van der Waals surface area contributed by atoms with E-state index >= 15 is 0 Å². The summed E-state index contributed by atoms with van der Waals surface area (Å²) in [5, 5.41) is 3.34. The molecule has 5 N–H and O–H groups in total. The maximum atomic E-state index is 9.51. The molecule has 0 spiro atoms. The van der Waals surface area contributed by atoms with E-state index in [2.05, 4.69) is 176 Å². The molecule has 0 aliphatic carbocycles. The number of hydrogen-bond acceptors (Lipinski definition) is 10. The van der Waals surface area contributed by atoms with Gasteiger partial charge in [-0.2, -0.15) is 0 Å². The van der Waals surface area contributed by atoms with Gasteiger partial charge in [0.15, 0.2) is 50.9 Å². The van der Waals surface area contributed by atoms with Crippen molar-refractivity contribution in [1.82, 2.24) is 14.9 Å². The summed E-state index contributed by atoms with van der Waals surface area (Å²) in [6.45, 7) is 16.0. The fourth-order valence-corrected chi connectivity index (χ4v) is 15.6. The summed E-state index contributed by atoms with van der Waals surface area (Å²) in [4.78, 5) is 58.2. The predicted molar refractivity (Wildman–Crippen MR) is 391 cm³/mol. The van der Waals surface area contributed by atoms with Gasteiger partial charge in [0.25, 0.3) is 0 Å². The van der Waals surface area contributed by atoms with Gasteiger partial charge in [0, 0.05) is 48.1 Å². The number of hydrogen-bond donors (Lipinski definition) is 5. The van der Waals surface area contributed by atoms with Gasteiger partial charge in [-0.3, -0.25) is 9.48 Å². The van der Waals surface area contributed by atoms with Gasteiger partial charge in [-0.1, -0.05) is 128 Å². The molecule has 5 aromatic carbocycles. The Hall–Kier alpha value is -1.57. The number of aryl methyl sites for hydroxylation is 7. The summed E-state index contributed by atoms with van der Waals surface area (Å²) < 4.78 is 6.32. The van der Waals surface area contributed by atoms with Crippen molar-refractivity contribution in [2.45, 2.75) is 148 Å². The van der Waals surface area contributed by atoms with Crippen LogP contribution < -0.4 is 81.1 Å². The van der Waals surface area contributed by atoms with E-state index in [0.717, 1.165) is 94.3 Å². The molecule has 0 fully saturated rings. The van der Waals surface area contributed by atoms with Crippen molar-refractivity contribution in [3.63, 3.8) is 0 Å². The average molecular weight is 1760 g/mol. The van der Waals surface area contributed by atoms with Crippen LogP contribution in [0.2, 0.25) is 56.9 Å². The largest absolute Gasteiger partial charge is 1.00 e. The molecule has 0 aliphatic rings. The molecule has 91 heavy (non-hydrogen) atoms. The highest BCUT2D eigenvalue weighted by atomic mass is 127. The normalized spacial score (nSPS) is 12.4. The molecule has 7 aromatic rings. The molecule has 6 unspecified atom stereocenters. The summed E-state index contributed by atoms with van der Waals surface area (Å²) >= 11 is 16.7. The first-order valence-corrected chi connectivity index (χ1v) is 46.9. The molecule has 7 rings (SSSR count). The molecule has 504 valence electrons. The number of benzene rings is 5. The molecular weight excluding hydrogens is 1660 g/mol. The Morgan fingerprint density at radius 1 is 0.538 bits per heavy atom. The quantitative estimate of drug-likeness (QED) is 0.00893. The number of aromatic nitrogens is 4. The van der Waals surface area contributed by atoms with E-state index in [1.807, 2.05) is 106 Å². The SMILES string of the molecule is CC(c1ccc(CCl)cc1)[SiH](C)O.CN(C)C(SCc1ccc(CC[SiH](C)O)cc1)=[N+](C)C.C[SiH](O)CCc1ccc(CCl)cc1.C[n+]1cccnc1SCc1ccc(CC[SiH](C)O)cc1.Cc1cc(C)[n+](C)c(SCc2ccc(CC[SiH](C)O)cc2)n1.[I-].[I-].[I-]. The summed E-state index contributed by atoms with van der Waals surface area (Å²) in [6.07, 6.45) is 7.82. The molecule has 11 nitrogen and oxygen atoms in total. The summed E-state index contributed by atoms with van der Waals surface area (Å²) in [5.74, 6) is 3.97. The predicted octanol–water partition coefficient (Wildman–Crippen LogP) is 2.53. The standard InChI is InChI=1S/C17H25N2OSSi.C15H21N2OSSi.C15H27N2OSSi.2C10H15ClOSi.3HI/c1-13-11-14(2)19(3)17(18-13)21-12-16-7-5-15(6-8-16)9-10-22(4)20;1-17-10-3-9-16-15(17)19-12-14-6-4-13(5-7-14)8-11-20(2)18;1-16(2)15(17(3)4)19-12-14-8-6-13(7-9-14)10-11-20(5)18;1-8(13(2)12)10-5-3-9(7-11)4-6-10;1-13(12)7-6-9-2-4-10(8-11)5-3-9;;;/h5-8,11,20,22H,9-10,12H2,1-4H3;3-7,9-10,18,20H,8,11-12H2,1-2H3;6-9,18,20H,10-12H2,1-5H3;3-6,8,12-13H,7H2,1-2H3;2-5,12-13H,6-8H2,1H3;3*1H/q3*+1;;;;;/p-3. The van der Waals surface area contributed by atoms with Gasteiger partial charge in [0.05, 0.1) is 48.5 Å². The smallest absolute Gasteiger partial charge is 0.359 e. The lowest BCUT2D eigenvalue weighted by atomic mass is 10.1. The van der Waals surface area contributed by atoms with Crippen LogP contribution in [0.4, 0.5) is 0 Å². The second-order valence-corrected chi connectivity index (χ2v) is 38.1. The van der Waals surface area contributed by atoms with Crippen LogP contribution in [0, 0.1) is 13.8 Å². The van der Waals surface area contributed by atoms with E-state index in [4.69, 9.17) is 23.2 Å². The zero-order valence-corrected chi connectivity index (χ0v) is 72.3. The Morgan fingerprint density at radius 2 is 0.879 bits per heavy atom.